The monoisotopic (exact) mass is 393 g/mol. The Bertz CT molecular complexity index is 866. The predicted molar refractivity (Wildman–Crippen MR) is 105 cm³/mol. The number of nitrogens with zero attached hydrogens (tertiary/aromatic N) is 4. The molecule has 1 aliphatic carbocycles. The van der Waals surface area contributed by atoms with Gasteiger partial charge in [0.05, 0.1) is 5.75 Å². The van der Waals surface area contributed by atoms with Crippen LogP contribution in [0, 0.1) is 0 Å². The Hall–Kier alpha value is -1.61. The summed E-state index contributed by atoms with van der Waals surface area (Å²) in [5, 5.41) is 4.49. The fourth-order valence-corrected chi connectivity index (χ4v) is 5.37. The summed E-state index contributed by atoms with van der Waals surface area (Å²) in [6, 6.07) is 0.309. The summed E-state index contributed by atoms with van der Waals surface area (Å²) in [4.78, 5) is 36.1. The van der Waals surface area contributed by atoms with Gasteiger partial charge in [-0.1, -0.05) is 35.9 Å². The minimum atomic E-state index is -0.0864. The zero-order chi connectivity index (χ0) is 18.1. The van der Waals surface area contributed by atoms with Crippen molar-refractivity contribution in [1.82, 2.24) is 19.9 Å². The summed E-state index contributed by atoms with van der Waals surface area (Å²) >= 11 is 2.72. The Kier molecular flexibility index (Phi) is 5.17. The van der Waals surface area contributed by atoms with Crippen LogP contribution in [0.3, 0.4) is 0 Å². The smallest absolute Gasteiger partial charge is 0.273 e. The van der Waals surface area contributed by atoms with Crippen molar-refractivity contribution in [1.29, 1.82) is 0 Å². The first-order valence-corrected chi connectivity index (χ1v) is 11.0. The molecule has 3 heterocycles. The van der Waals surface area contributed by atoms with Gasteiger partial charge in [0.1, 0.15) is 4.70 Å². The van der Waals surface area contributed by atoms with Crippen LogP contribution in [0.25, 0.3) is 10.3 Å². The van der Waals surface area contributed by atoms with E-state index in [9.17, 15) is 9.59 Å². The molecule has 140 valence electrons. The first-order valence-electron chi connectivity index (χ1n) is 9.16. The van der Waals surface area contributed by atoms with Crippen molar-refractivity contribution in [3.05, 3.63) is 10.4 Å². The third kappa shape index (κ3) is 3.59. The molecule has 0 bridgehead atoms. The molecule has 0 radical (unpaired) electrons. The van der Waals surface area contributed by atoms with Gasteiger partial charge in [0.15, 0.2) is 15.9 Å². The second kappa shape index (κ2) is 7.56. The molecule has 26 heavy (non-hydrogen) atoms. The molecule has 0 atom stereocenters. The minimum Gasteiger partial charge on any atom is -0.353 e. The first-order chi connectivity index (χ1) is 12.6. The highest BCUT2D eigenvalue weighted by Crippen LogP contribution is 2.29. The molecule has 2 fully saturated rings. The van der Waals surface area contributed by atoms with Crippen LogP contribution in [0.5, 0.6) is 0 Å². The van der Waals surface area contributed by atoms with Gasteiger partial charge >= 0.3 is 0 Å². The van der Waals surface area contributed by atoms with Gasteiger partial charge in [-0.25, -0.2) is 4.98 Å². The number of nitrogens with one attached hydrogen (secondary N) is 1. The average Bonchev–Trinajstić information content (AvgIpc) is 3.37. The van der Waals surface area contributed by atoms with Gasteiger partial charge in [0, 0.05) is 26.2 Å². The average molecular weight is 394 g/mol. The Morgan fingerprint density at radius 3 is 2.69 bits per heavy atom. The first kappa shape index (κ1) is 17.8. The quantitative estimate of drug-likeness (QED) is 0.619. The fraction of sp³-hybridized carbons (Fsp3) is 0.647. The van der Waals surface area contributed by atoms with E-state index in [1.807, 2.05) is 0 Å². The third-order valence-electron chi connectivity index (χ3n) is 5.01. The molecule has 0 spiro atoms. The summed E-state index contributed by atoms with van der Waals surface area (Å²) in [6.07, 6.45) is 6.84. The highest BCUT2D eigenvalue weighted by molar-refractivity contribution is 7.99. The molecule has 1 N–H and O–H groups in total. The van der Waals surface area contributed by atoms with Gasteiger partial charge in [-0.2, -0.15) is 4.98 Å². The summed E-state index contributed by atoms with van der Waals surface area (Å²) in [7, 11) is 1.71. The Morgan fingerprint density at radius 2 is 1.96 bits per heavy atom. The van der Waals surface area contributed by atoms with Crippen molar-refractivity contribution >= 4 is 44.5 Å². The maximum Gasteiger partial charge on any atom is 0.273 e. The molecule has 2 aromatic heterocycles. The lowest BCUT2D eigenvalue weighted by molar-refractivity contribution is -0.119. The number of anilines is 1. The van der Waals surface area contributed by atoms with Crippen molar-refractivity contribution in [3.8, 4) is 0 Å². The second-order valence-corrected chi connectivity index (χ2v) is 8.86. The molecule has 4 rings (SSSR count). The van der Waals surface area contributed by atoms with Gasteiger partial charge in [0.2, 0.25) is 5.91 Å². The zero-order valence-electron chi connectivity index (χ0n) is 14.9. The summed E-state index contributed by atoms with van der Waals surface area (Å²) in [5.41, 5.74) is 0.412. The van der Waals surface area contributed by atoms with E-state index >= 15 is 0 Å². The van der Waals surface area contributed by atoms with E-state index < -0.39 is 0 Å². The molecular formula is C17H23N5O2S2. The molecule has 9 heteroatoms. The van der Waals surface area contributed by atoms with E-state index in [0.29, 0.717) is 21.5 Å². The topological polar surface area (TPSA) is 80.1 Å². The van der Waals surface area contributed by atoms with Gasteiger partial charge < -0.3 is 10.2 Å². The molecule has 1 saturated heterocycles. The Labute approximate surface area is 160 Å². The van der Waals surface area contributed by atoms with Crippen molar-refractivity contribution < 1.29 is 4.79 Å². The lowest BCUT2D eigenvalue weighted by Gasteiger charge is -2.12. The highest BCUT2D eigenvalue weighted by atomic mass is 32.2. The second-order valence-electron chi connectivity index (χ2n) is 6.94. The molecule has 2 aromatic rings. The van der Waals surface area contributed by atoms with Gasteiger partial charge in [0.25, 0.3) is 5.56 Å². The lowest BCUT2D eigenvalue weighted by atomic mass is 10.2. The molecule has 0 unspecified atom stereocenters. The van der Waals surface area contributed by atoms with Crippen LogP contribution < -0.4 is 15.8 Å². The maximum atomic E-state index is 12.7. The minimum absolute atomic E-state index is 0.00674. The highest BCUT2D eigenvalue weighted by Gasteiger charge is 2.21. The normalized spacial score (nSPS) is 18.1. The fourth-order valence-electron chi connectivity index (χ4n) is 3.56. The van der Waals surface area contributed by atoms with Crippen molar-refractivity contribution in [2.45, 2.75) is 49.7 Å². The van der Waals surface area contributed by atoms with Crippen molar-refractivity contribution in [3.63, 3.8) is 0 Å². The number of hydrogen-bond donors (Lipinski definition) is 1. The van der Waals surface area contributed by atoms with E-state index in [-0.39, 0.29) is 17.2 Å². The van der Waals surface area contributed by atoms with Crippen LogP contribution in [0.15, 0.2) is 9.95 Å². The van der Waals surface area contributed by atoms with Gasteiger partial charge in [-0.15, -0.1) is 0 Å². The van der Waals surface area contributed by atoms with E-state index in [4.69, 9.17) is 0 Å². The lowest BCUT2D eigenvalue weighted by Crippen LogP contribution is -2.34. The molecule has 1 saturated carbocycles. The van der Waals surface area contributed by atoms with E-state index in [1.54, 1.807) is 7.05 Å². The van der Waals surface area contributed by atoms with Gasteiger partial charge in [-0.3, -0.25) is 14.2 Å². The van der Waals surface area contributed by atoms with E-state index in [0.717, 1.165) is 31.1 Å². The van der Waals surface area contributed by atoms with E-state index in [1.165, 1.54) is 53.3 Å². The molecule has 1 amide bonds. The van der Waals surface area contributed by atoms with E-state index in [2.05, 4.69) is 20.2 Å². The molecule has 7 nitrogen and oxygen atoms in total. The van der Waals surface area contributed by atoms with Gasteiger partial charge in [-0.05, 0) is 25.7 Å². The van der Waals surface area contributed by atoms with Crippen molar-refractivity contribution in [2.75, 3.05) is 23.7 Å². The molecule has 0 aromatic carbocycles. The largest absolute Gasteiger partial charge is 0.353 e. The number of rotatable bonds is 5. The Balaban J connectivity index is 1.50. The third-order valence-corrected chi connectivity index (χ3v) is 7.14. The summed E-state index contributed by atoms with van der Waals surface area (Å²) < 4.78 is 2.12. The van der Waals surface area contributed by atoms with Crippen LogP contribution in [-0.2, 0) is 11.8 Å². The number of fused-ring (bicyclic) bond motifs is 1. The SMILES string of the molecule is Cn1c(SCC(=O)NC2CCCC2)nc2nc(N3CCCC3)sc2c1=O. The van der Waals surface area contributed by atoms with Crippen molar-refractivity contribution in [2.24, 2.45) is 7.05 Å². The van der Waals surface area contributed by atoms with Crippen LogP contribution in [0.4, 0.5) is 5.13 Å². The predicted octanol–water partition coefficient (Wildman–Crippen LogP) is 2.14. The number of thioether (sulfide) groups is 1. The number of hydrogen-bond acceptors (Lipinski definition) is 7. The number of carbonyl (C=O) groups excluding carboxylic acids is 1. The molecular weight excluding hydrogens is 370 g/mol. The van der Waals surface area contributed by atoms with Crippen LogP contribution in [-0.4, -0.2) is 45.3 Å². The zero-order valence-corrected chi connectivity index (χ0v) is 16.5. The van der Waals surface area contributed by atoms with Crippen LogP contribution in [0.2, 0.25) is 0 Å². The molecule has 1 aliphatic heterocycles. The Morgan fingerprint density at radius 1 is 1.23 bits per heavy atom. The summed E-state index contributed by atoms with van der Waals surface area (Å²) in [6.45, 7) is 1.98. The number of thiazole rings is 1. The van der Waals surface area contributed by atoms with Crippen LogP contribution >= 0.6 is 23.1 Å². The number of carbonyl (C=O) groups is 1. The summed E-state index contributed by atoms with van der Waals surface area (Å²) in [5.74, 6) is 0.276. The standard InChI is InChI=1S/C17H23N5O2S2/c1-21-15(24)13-14(20-17(26-13)22-8-4-5-9-22)19-16(21)25-10-12(23)18-11-6-2-3-7-11/h11H,2-10H2,1H3,(H,18,23). The molecule has 2 aliphatic rings. The number of aromatic nitrogens is 3. The van der Waals surface area contributed by atoms with Crippen LogP contribution in [0.1, 0.15) is 38.5 Å². The maximum absolute atomic E-state index is 12.7. The number of amides is 1.